The van der Waals surface area contributed by atoms with Crippen LogP contribution in [0.1, 0.15) is 6.42 Å². The van der Waals surface area contributed by atoms with Crippen LogP contribution >= 0.6 is 15.9 Å². The van der Waals surface area contributed by atoms with E-state index in [0.717, 1.165) is 0 Å². The summed E-state index contributed by atoms with van der Waals surface area (Å²) < 4.78 is 6.42. The highest BCUT2D eigenvalue weighted by Crippen LogP contribution is 2.04. The lowest BCUT2D eigenvalue weighted by Gasteiger charge is -2.07. The number of hydrogen-bond acceptors (Lipinski definition) is 4. The number of halogens is 1. The van der Waals surface area contributed by atoms with Crippen LogP contribution in [0.15, 0.2) is 27.6 Å². The first-order valence-corrected chi connectivity index (χ1v) is 6.01. The fourth-order valence-corrected chi connectivity index (χ4v) is 1.62. The number of esters is 1. The normalized spacial score (nSPS) is 9.89. The highest BCUT2D eigenvalue weighted by atomic mass is 79.9. The molecule has 0 saturated carbocycles. The van der Waals surface area contributed by atoms with Gasteiger partial charge in [-0.3, -0.25) is 14.4 Å². The Morgan fingerprint density at radius 3 is 2.83 bits per heavy atom. The van der Waals surface area contributed by atoms with Crippen LogP contribution in [0.5, 0.6) is 0 Å². The molecule has 0 aliphatic rings. The molecule has 1 rings (SSSR count). The number of methoxy groups -OCH3 is 1. The summed E-state index contributed by atoms with van der Waals surface area (Å²) in [6.07, 6.45) is 1.64. The summed E-state index contributed by atoms with van der Waals surface area (Å²) in [5, 5.41) is 2.53. The number of aromatic nitrogens is 1. The Balaban J connectivity index is 2.47. The third-order valence-corrected chi connectivity index (χ3v) is 2.61. The van der Waals surface area contributed by atoms with Crippen LogP contribution in [0, 0.1) is 0 Å². The summed E-state index contributed by atoms with van der Waals surface area (Å²) in [4.78, 5) is 33.7. The van der Waals surface area contributed by atoms with Crippen molar-refractivity contribution < 1.29 is 14.3 Å². The van der Waals surface area contributed by atoms with Crippen molar-refractivity contribution in [3.63, 3.8) is 0 Å². The van der Waals surface area contributed by atoms with Crippen LogP contribution in [-0.2, 0) is 20.9 Å². The molecule has 0 spiro atoms. The molecule has 0 bridgehead atoms. The molecule has 0 unspecified atom stereocenters. The molecule has 1 heterocycles. The summed E-state index contributed by atoms with van der Waals surface area (Å²) in [5.41, 5.74) is -0.263. The number of carbonyl (C=O) groups is 2. The van der Waals surface area contributed by atoms with Crippen LogP contribution in [0.25, 0.3) is 0 Å². The zero-order valence-corrected chi connectivity index (χ0v) is 11.4. The number of rotatable bonds is 5. The van der Waals surface area contributed by atoms with Gasteiger partial charge in [0.05, 0.1) is 13.5 Å². The van der Waals surface area contributed by atoms with Gasteiger partial charge >= 0.3 is 5.97 Å². The quantitative estimate of drug-likeness (QED) is 0.792. The fraction of sp³-hybridized carbons (Fsp3) is 0.364. The highest BCUT2D eigenvalue weighted by Gasteiger charge is 2.06. The Labute approximate surface area is 112 Å². The van der Waals surface area contributed by atoms with Crippen molar-refractivity contribution in [1.82, 2.24) is 9.88 Å². The molecule has 0 radical (unpaired) electrons. The third kappa shape index (κ3) is 4.70. The first kappa shape index (κ1) is 14.4. The lowest BCUT2D eigenvalue weighted by atomic mass is 10.4. The molecular weight excluding hydrogens is 304 g/mol. The molecular formula is C11H13BrN2O4. The van der Waals surface area contributed by atoms with Crippen LogP contribution in [0.2, 0.25) is 0 Å². The monoisotopic (exact) mass is 316 g/mol. The largest absolute Gasteiger partial charge is 0.469 e. The summed E-state index contributed by atoms with van der Waals surface area (Å²) in [6, 6.07) is 2.97. The van der Waals surface area contributed by atoms with E-state index in [1.165, 1.54) is 23.9 Å². The maximum atomic E-state index is 11.5. The molecule has 7 heteroatoms. The van der Waals surface area contributed by atoms with E-state index in [1.807, 2.05) is 0 Å². The molecule has 0 fully saturated rings. The zero-order chi connectivity index (χ0) is 13.5. The Bertz CT molecular complexity index is 498. The van der Waals surface area contributed by atoms with E-state index in [2.05, 4.69) is 26.0 Å². The van der Waals surface area contributed by atoms with E-state index in [-0.39, 0.29) is 31.0 Å². The molecule has 0 saturated heterocycles. The van der Waals surface area contributed by atoms with Crippen molar-refractivity contribution in [3.05, 3.63) is 33.2 Å². The lowest BCUT2D eigenvalue weighted by Crippen LogP contribution is -2.33. The molecule has 0 aromatic carbocycles. The predicted octanol–water partition coefficient (Wildman–Crippen LogP) is 0.290. The van der Waals surface area contributed by atoms with Crippen molar-refractivity contribution in [2.75, 3.05) is 13.7 Å². The van der Waals surface area contributed by atoms with E-state index in [1.54, 1.807) is 6.07 Å². The zero-order valence-electron chi connectivity index (χ0n) is 9.81. The van der Waals surface area contributed by atoms with Crippen molar-refractivity contribution >= 4 is 27.8 Å². The minimum atomic E-state index is -0.394. The van der Waals surface area contributed by atoms with E-state index in [0.29, 0.717) is 4.47 Å². The van der Waals surface area contributed by atoms with Crippen molar-refractivity contribution in [1.29, 1.82) is 0 Å². The predicted molar refractivity (Wildman–Crippen MR) is 68.0 cm³/mol. The smallest absolute Gasteiger partial charge is 0.307 e. The Morgan fingerprint density at radius 2 is 2.17 bits per heavy atom. The van der Waals surface area contributed by atoms with Gasteiger partial charge in [0.15, 0.2) is 0 Å². The molecule has 98 valence electrons. The van der Waals surface area contributed by atoms with E-state index in [9.17, 15) is 14.4 Å². The second-order valence-electron chi connectivity index (χ2n) is 3.49. The molecule has 1 aromatic rings. The standard InChI is InChI=1S/C11H13BrN2O4/c1-18-11(17)4-5-13-9(15)7-14-6-8(12)2-3-10(14)16/h2-3,6H,4-5,7H2,1H3,(H,13,15). The van der Waals surface area contributed by atoms with E-state index >= 15 is 0 Å². The number of nitrogens with zero attached hydrogens (tertiary/aromatic N) is 1. The first-order chi connectivity index (χ1) is 8.52. The van der Waals surface area contributed by atoms with Gasteiger partial charge in [-0.1, -0.05) is 0 Å². The molecule has 0 aliphatic carbocycles. The van der Waals surface area contributed by atoms with E-state index in [4.69, 9.17) is 0 Å². The van der Waals surface area contributed by atoms with Crippen molar-refractivity contribution in [3.8, 4) is 0 Å². The average Bonchev–Trinajstić information content (AvgIpc) is 2.33. The molecule has 0 aliphatic heterocycles. The number of ether oxygens (including phenoxy) is 1. The number of carbonyl (C=O) groups excluding carboxylic acids is 2. The van der Waals surface area contributed by atoms with Gasteiger partial charge in [0.25, 0.3) is 5.56 Å². The SMILES string of the molecule is COC(=O)CCNC(=O)Cn1cc(Br)ccc1=O. The van der Waals surface area contributed by atoms with E-state index < -0.39 is 5.97 Å². The van der Waals surface area contributed by atoms with Gasteiger partial charge in [-0.2, -0.15) is 0 Å². The number of amides is 1. The van der Waals surface area contributed by atoms with Gasteiger partial charge in [-0.05, 0) is 22.0 Å². The van der Waals surface area contributed by atoms with Crippen molar-refractivity contribution in [2.45, 2.75) is 13.0 Å². The molecule has 6 nitrogen and oxygen atoms in total. The first-order valence-electron chi connectivity index (χ1n) is 5.22. The average molecular weight is 317 g/mol. The summed E-state index contributed by atoms with van der Waals surface area (Å²) in [6.45, 7) is 0.105. The van der Waals surface area contributed by atoms with Crippen LogP contribution in [0.3, 0.4) is 0 Å². The molecule has 18 heavy (non-hydrogen) atoms. The Hall–Kier alpha value is -1.63. The highest BCUT2D eigenvalue weighted by molar-refractivity contribution is 9.10. The van der Waals surface area contributed by atoms with Gasteiger partial charge in [0.1, 0.15) is 6.54 Å². The topological polar surface area (TPSA) is 77.4 Å². The van der Waals surface area contributed by atoms with Crippen LogP contribution in [0.4, 0.5) is 0 Å². The minimum absolute atomic E-state index is 0.0839. The second kappa shape index (κ2) is 6.95. The van der Waals surface area contributed by atoms with Crippen molar-refractivity contribution in [2.24, 2.45) is 0 Å². The summed E-state index contributed by atoms with van der Waals surface area (Å²) in [5.74, 6) is -0.728. The molecule has 1 amide bonds. The van der Waals surface area contributed by atoms with Gasteiger partial charge < -0.3 is 14.6 Å². The van der Waals surface area contributed by atoms with Gasteiger partial charge in [0.2, 0.25) is 5.91 Å². The third-order valence-electron chi connectivity index (χ3n) is 2.14. The molecule has 1 aromatic heterocycles. The van der Waals surface area contributed by atoms with Gasteiger partial charge in [-0.15, -0.1) is 0 Å². The molecule has 0 atom stereocenters. The Morgan fingerprint density at radius 1 is 1.44 bits per heavy atom. The maximum absolute atomic E-state index is 11.5. The fourth-order valence-electron chi connectivity index (χ4n) is 1.24. The minimum Gasteiger partial charge on any atom is -0.469 e. The number of hydrogen-bond donors (Lipinski definition) is 1. The summed E-state index contributed by atoms with van der Waals surface area (Å²) >= 11 is 3.21. The van der Waals surface area contributed by atoms with Crippen LogP contribution in [-0.4, -0.2) is 30.1 Å². The Kier molecular flexibility index (Phi) is 5.57. The molecule has 1 N–H and O–H groups in total. The maximum Gasteiger partial charge on any atom is 0.307 e. The number of nitrogens with one attached hydrogen (secondary N) is 1. The van der Waals surface area contributed by atoms with Gasteiger partial charge in [0, 0.05) is 23.3 Å². The second-order valence-corrected chi connectivity index (χ2v) is 4.41. The summed E-state index contributed by atoms with van der Waals surface area (Å²) in [7, 11) is 1.28. The van der Waals surface area contributed by atoms with Crippen LogP contribution < -0.4 is 10.9 Å². The number of pyridine rings is 1. The lowest BCUT2D eigenvalue weighted by molar-refractivity contribution is -0.140. The van der Waals surface area contributed by atoms with Gasteiger partial charge in [-0.25, -0.2) is 0 Å².